The zero-order valence-electron chi connectivity index (χ0n) is 30.9. The number of rotatable bonds is 10. The fourth-order valence-corrected chi connectivity index (χ4v) is 7.83. The molecule has 2 aliphatic heterocycles. The van der Waals surface area contributed by atoms with Crippen LogP contribution in [-0.2, 0) is 22.4 Å². The number of pyridine rings is 1. The van der Waals surface area contributed by atoms with E-state index in [-0.39, 0.29) is 35.2 Å². The summed E-state index contributed by atoms with van der Waals surface area (Å²) in [5, 5.41) is 25.7. The SMILES string of the molecule is CC(C)(F)C(=O)[O-].C[NH+]1CC(NC(=O)c2cccc([C@@H](CCN3CC[C@H](C(=O)O)C3)NC(=O)c3nc4cc5c(nc4s3)CC[C@H](C(C)(C)C)C5)c2)C1. The third-order valence-electron chi connectivity index (χ3n) is 10.4. The van der Waals surface area contributed by atoms with Crippen LogP contribution in [-0.4, -0.2) is 95.2 Å². The van der Waals surface area contributed by atoms with Gasteiger partial charge in [0.15, 0.2) is 5.01 Å². The maximum atomic E-state index is 13.7. The summed E-state index contributed by atoms with van der Waals surface area (Å²) in [4.78, 5) is 61.8. The number of likely N-dealkylation sites (N-methyl/N-ethyl adjacent to an activating group) is 1. The normalized spacial score (nSPS) is 22.4. The van der Waals surface area contributed by atoms with Crippen molar-refractivity contribution in [3.05, 3.63) is 57.7 Å². The number of nitrogens with one attached hydrogen (secondary N) is 3. The van der Waals surface area contributed by atoms with Gasteiger partial charge in [-0.2, -0.15) is 0 Å². The fourth-order valence-electron chi connectivity index (χ4n) is 6.99. The first-order chi connectivity index (χ1) is 24.4. The highest BCUT2D eigenvalue weighted by atomic mass is 32.1. The van der Waals surface area contributed by atoms with E-state index in [0.29, 0.717) is 49.0 Å². The Kier molecular flexibility index (Phi) is 12.0. The van der Waals surface area contributed by atoms with Gasteiger partial charge in [-0.1, -0.05) is 44.2 Å². The number of quaternary nitrogens is 1. The number of nitrogens with zero attached hydrogens (tertiary/aromatic N) is 3. The van der Waals surface area contributed by atoms with E-state index in [1.54, 1.807) is 6.07 Å². The molecule has 0 bridgehead atoms. The number of hydrogen-bond acceptors (Lipinski definition) is 9. The largest absolute Gasteiger partial charge is 0.547 e. The highest BCUT2D eigenvalue weighted by Gasteiger charge is 2.32. The number of likely N-dealkylation sites (tertiary alicyclic amines) is 2. The lowest BCUT2D eigenvalue weighted by Crippen LogP contribution is -3.19. The fraction of sp³-hybridized carbons (Fsp3) is 0.579. The van der Waals surface area contributed by atoms with Gasteiger partial charge < -0.3 is 35.4 Å². The number of carboxylic acids is 2. The van der Waals surface area contributed by atoms with Crippen molar-refractivity contribution in [3.8, 4) is 0 Å². The highest BCUT2D eigenvalue weighted by Crippen LogP contribution is 2.38. The van der Waals surface area contributed by atoms with Crippen LogP contribution < -0.4 is 20.6 Å². The highest BCUT2D eigenvalue weighted by molar-refractivity contribution is 7.19. The van der Waals surface area contributed by atoms with Crippen molar-refractivity contribution in [2.75, 3.05) is 39.8 Å². The number of carbonyl (C=O) groups excluding carboxylic acids is 3. The number of aliphatic carboxylic acids is 2. The Balaban J connectivity index is 0.000000679. The first kappa shape index (κ1) is 39.2. The quantitative estimate of drug-likeness (QED) is 0.244. The minimum absolute atomic E-state index is 0.113. The van der Waals surface area contributed by atoms with Gasteiger partial charge in [-0.05, 0) is 93.2 Å². The van der Waals surface area contributed by atoms with Gasteiger partial charge in [0.1, 0.15) is 35.1 Å². The molecule has 3 aromatic rings. The van der Waals surface area contributed by atoms with Crippen molar-refractivity contribution in [1.29, 1.82) is 0 Å². The van der Waals surface area contributed by atoms with Gasteiger partial charge in [0.05, 0.1) is 25.0 Å². The lowest BCUT2D eigenvalue weighted by Gasteiger charge is -2.34. The van der Waals surface area contributed by atoms with E-state index >= 15 is 0 Å². The van der Waals surface area contributed by atoms with E-state index in [0.717, 1.165) is 67.8 Å². The molecule has 0 spiro atoms. The predicted molar refractivity (Wildman–Crippen MR) is 194 cm³/mol. The van der Waals surface area contributed by atoms with E-state index in [1.807, 2.05) is 18.2 Å². The van der Waals surface area contributed by atoms with E-state index < -0.39 is 17.6 Å². The number of aromatic nitrogens is 2. The molecular weight excluding hydrogens is 688 g/mol. The Morgan fingerprint density at radius 3 is 2.42 bits per heavy atom. The van der Waals surface area contributed by atoms with Crippen molar-refractivity contribution in [2.45, 2.75) is 84.5 Å². The number of fused-ring (bicyclic) bond motifs is 2. The number of hydrogen-bond donors (Lipinski definition) is 4. The van der Waals surface area contributed by atoms with Gasteiger partial charge in [-0.25, -0.2) is 14.4 Å². The van der Waals surface area contributed by atoms with E-state index in [2.05, 4.69) is 49.4 Å². The zero-order valence-corrected chi connectivity index (χ0v) is 31.7. The van der Waals surface area contributed by atoms with Crippen LogP contribution in [0.2, 0.25) is 0 Å². The van der Waals surface area contributed by atoms with Crippen molar-refractivity contribution >= 4 is 45.4 Å². The molecule has 2 fully saturated rings. The second-order valence-corrected chi connectivity index (χ2v) is 17.1. The molecule has 14 heteroatoms. The van der Waals surface area contributed by atoms with Gasteiger partial charge >= 0.3 is 5.97 Å². The molecule has 1 aromatic carbocycles. The molecule has 0 unspecified atom stereocenters. The van der Waals surface area contributed by atoms with Gasteiger partial charge in [0.2, 0.25) is 0 Å². The molecular formula is C38H51FN6O6S. The van der Waals surface area contributed by atoms with Gasteiger partial charge in [-0.15, -0.1) is 0 Å². The average molecular weight is 739 g/mol. The molecule has 12 nitrogen and oxygen atoms in total. The Morgan fingerprint density at radius 2 is 1.81 bits per heavy atom. The van der Waals surface area contributed by atoms with Crippen molar-refractivity contribution in [1.82, 2.24) is 25.5 Å². The van der Waals surface area contributed by atoms with E-state index in [4.69, 9.17) is 9.97 Å². The summed E-state index contributed by atoms with van der Waals surface area (Å²) in [6.07, 6.45) is 4.23. The zero-order chi connectivity index (χ0) is 38.0. The summed E-state index contributed by atoms with van der Waals surface area (Å²) in [5.41, 5.74) is 2.54. The van der Waals surface area contributed by atoms with Crippen LogP contribution in [0.3, 0.4) is 0 Å². The van der Waals surface area contributed by atoms with Crippen LogP contribution >= 0.6 is 11.3 Å². The van der Waals surface area contributed by atoms with Crippen molar-refractivity contribution in [2.24, 2.45) is 17.3 Å². The van der Waals surface area contributed by atoms with Crippen LogP contribution in [0.4, 0.5) is 4.39 Å². The maximum absolute atomic E-state index is 13.7. The molecule has 282 valence electrons. The molecule has 2 saturated heterocycles. The van der Waals surface area contributed by atoms with Crippen LogP contribution in [0.25, 0.3) is 10.3 Å². The molecule has 0 radical (unpaired) electrons. The summed E-state index contributed by atoms with van der Waals surface area (Å²) in [5.74, 6) is -2.60. The summed E-state index contributed by atoms with van der Waals surface area (Å²) in [7, 11) is 2.10. The standard InChI is InChI=1S/C34H44N6O4S.C4H7FO2/c1-34(2,3)24-8-9-26-23(15-24)16-28-31(37-26)45-32(38-28)30(42)36-27(11-13-40-12-10-22(17-40)33(43)44)20-6-5-7-21(14-20)29(41)35-25-18-39(4)19-25;1-4(2,5)3(6)7/h5-7,14,16,22,24-25,27H,8-13,15,17-19H2,1-4H3,(H,35,41)(H,36,42)(H,43,44);1-2H3,(H,6,7)/t22-,24-,27+;/m0./s1. The van der Waals surface area contributed by atoms with Crippen LogP contribution in [0.15, 0.2) is 30.3 Å². The first-order valence-electron chi connectivity index (χ1n) is 18.0. The summed E-state index contributed by atoms with van der Waals surface area (Å²) in [6.45, 7) is 12.4. The molecule has 3 atom stereocenters. The van der Waals surface area contributed by atoms with Gasteiger partial charge in [-0.3, -0.25) is 14.4 Å². The van der Waals surface area contributed by atoms with Gasteiger partial charge in [0, 0.05) is 24.3 Å². The third kappa shape index (κ3) is 9.90. The minimum atomic E-state index is -2.19. The van der Waals surface area contributed by atoms with Crippen molar-refractivity contribution in [3.63, 3.8) is 0 Å². The number of amides is 2. The van der Waals surface area contributed by atoms with Crippen molar-refractivity contribution < 1.29 is 38.7 Å². The molecule has 4 N–H and O–H groups in total. The van der Waals surface area contributed by atoms with Gasteiger partial charge in [0.25, 0.3) is 11.8 Å². The second kappa shape index (κ2) is 15.9. The number of halogens is 1. The van der Waals surface area contributed by atoms with E-state index in [1.165, 1.54) is 21.8 Å². The monoisotopic (exact) mass is 738 g/mol. The lowest BCUT2D eigenvalue weighted by atomic mass is 9.71. The summed E-state index contributed by atoms with van der Waals surface area (Å²) >= 11 is 1.32. The molecule has 3 aliphatic rings. The Labute approximate surface area is 308 Å². The second-order valence-electron chi connectivity index (χ2n) is 16.1. The van der Waals surface area contributed by atoms with Crippen LogP contribution in [0, 0.1) is 17.3 Å². The third-order valence-corrected chi connectivity index (χ3v) is 11.4. The lowest BCUT2D eigenvalue weighted by molar-refractivity contribution is -0.922. The molecule has 1 aliphatic carbocycles. The predicted octanol–water partition coefficient (Wildman–Crippen LogP) is 2.22. The smallest absolute Gasteiger partial charge is 0.307 e. The molecule has 4 heterocycles. The number of carboxylic acid groups (broad SMARTS) is 2. The first-order valence-corrected chi connectivity index (χ1v) is 18.9. The minimum Gasteiger partial charge on any atom is -0.547 e. The topological polar surface area (TPSA) is 169 Å². The van der Waals surface area contributed by atoms with E-state index in [9.17, 15) is 33.8 Å². The summed E-state index contributed by atoms with van der Waals surface area (Å²) in [6, 6.07) is 9.37. The number of benzene rings is 1. The van der Waals surface area contributed by atoms with Crippen LogP contribution in [0.1, 0.15) is 96.9 Å². The molecule has 52 heavy (non-hydrogen) atoms. The van der Waals surface area contributed by atoms with Crippen LogP contribution in [0.5, 0.6) is 0 Å². The number of alkyl halides is 1. The Hall–Kier alpha value is -4.01. The number of carbonyl (C=O) groups is 4. The summed E-state index contributed by atoms with van der Waals surface area (Å²) < 4.78 is 11.8. The maximum Gasteiger partial charge on any atom is 0.307 e. The average Bonchev–Trinajstić information content (AvgIpc) is 3.71. The molecule has 6 rings (SSSR count). The molecule has 2 aromatic heterocycles. The molecule has 0 saturated carbocycles. The Morgan fingerprint density at radius 1 is 1.10 bits per heavy atom. The molecule has 2 amide bonds. The Bertz CT molecular complexity index is 1800. The number of thiazole rings is 1. The number of aryl methyl sites for hydroxylation is 1.